The van der Waals surface area contributed by atoms with Gasteiger partial charge in [-0.3, -0.25) is 4.79 Å². The van der Waals surface area contributed by atoms with Crippen molar-refractivity contribution in [3.8, 4) is 0 Å². The van der Waals surface area contributed by atoms with E-state index in [1.165, 1.54) is 0 Å². The number of nitrogens with zero attached hydrogens (tertiary/aromatic N) is 2. The number of hydrogen-bond donors (Lipinski definition) is 1. The fourth-order valence-corrected chi connectivity index (χ4v) is 2.91. The van der Waals surface area contributed by atoms with Crippen molar-refractivity contribution in [2.45, 2.75) is 31.6 Å². The zero-order valence-corrected chi connectivity index (χ0v) is 10.6. The van der Waals surface area contributed by atoms with Crippen LogP contribution in [-0.2, 0) is 0 Å². The van der Waals surface area contributed by atoms with Crippen molar-refractivity contribution in [3.05, 3.63) is 10.6 Å². The zero-order valence-electron chi connectivity index (χ0n) is 9.07. The number of halogens is 1. The van der Waals surface area contributed by atoms with Gasteiger partial charge in [0.1, 0.15) is 4.88 Å². The number of carbonyl (C=O) groups excluding carboxylic acids is 1. The van der Waals surface area contributed by atoms with Crippen LogP contribution in [0.4, 0.5) is 0 Å². The van der Waals surface area contributed by atoms with Crippen molar-refractivity contribution in [2.24, 2.45) is 5.92 Å². The minimum Gasteiger partial charge on any atom is -0.351 e. The fourth-order valence-electron chi connectivity index (χ4n) is 1.97. The second-order valence-electron chi connectivity index (χ2n) is 4.10. The normalized spacial score (nSPS) is 24.6. The number of rotatable bonds is 3. The van der Waals surface area contributed by atoms with Gasteiger partial charge in [0, 0.05) is 11.9 Å². The van der Waals surface area contributed by atoms with E-state index in [9.17, 15) is 4.79 Å². The molecule has 6 heteroatoms. The summed E-state index contributed by atoms with van der Waals surface area (Å²) in [5.74, 6) is 0.329. The lowest BCUT2D eigenvalue weighted by atomic mass is 10.1. The molecule has 0 aromatic carbocycles. The maximum atomic E-state index is 11.8. The van der Waals surface area contributed by atoms with Crippen molar-refractivity contribution in [1.82, 2.24) is 14.9 Å². The summed E-state index contributed by atoms with van der Waals surface area (Å²) in [5, 5.41) is 6.93. The molecule has 2 rings (SSSR count). The smallest absolute Gasteiger partial charge is 0.264 e. The molecule has 0 spiro atoms. The molecule has 1 aliphatic rings. The van der Waals surface area contributed by atoms with Crippen LogP contribution in [0.1, 0.15) is 34.6 Å². The van der Waals surface area contributed by atoms with Crippen LogP contribution >= 0.6 is 23.1 Å². The minimum atomic E-state index is -0.0803. The predicted octanol–water partition coefficient (Wildman–Crippen LogP) is 1.98. The Labute approximate surface area is 104 Å². The van der Waals surface area contributed by atoms with Gasteiger partial charge in [0.25, 0.3) is 5.91 Å². The third kappa shape index (κ3) is 2.52. The van der Waals surface area contributed by atoms with Gasteiger partial charge in [0.15, 0.2) is 0 Å². The van der Waals surface area contributed by atoms with Crippen LogP contribution in [0, 0.1) is 12.8 Å². The van der Waals surface area contributed by atoms with Gasteiger partial charge in [0.05, 0.1) is 5.69 Å². The maximum absolute atomic E-state index is 11.8. The lowest BCUT2D eigenvalue weighted by Crippen LogP contribution is -2.30. The molecule has 1 N–H and O–H groups in total. The zero-order chi connectivity index (χ0) is 11.5. The molecule has 0 bridgehead atoms. The average Bonchev–Trinajstić information content (AvgIpc) is 2.84. The van der Waals surface area contributed by atoms with Gasteiger partial charge in [-0.15, -0.1) is 16.7 Å². The van der Waals surface area contributed by atoms with Gasteiger partial charge < -0.3 is 5.32 Å². The molecular formula is C10H14ClN3OS. The van der Waals surface area contributed by atoms with Gasteiger partial charge in [-0.25, -0.2) is 0 Å². The van der Waals surface area contributed by atoms with Crippen LogP contribution in [-0.4, -0.2) is 27.4 Å². The first-order valence-corrected chi connectivity index (χ1v) is 6.60. The SMILES string of the molecule is Cc1nnsc1C(=O)NCC1CCCC1Cl. The molecule has 1 fully saturated rings. The van der Waals surface area contributed by atoms with E-state index in [1.807, 2.05) is 0 Å². The maximum Gasteiger partial charge on any atom is 0.264 e. The first-order valence-electron chi connectivity index (χ1n) is 5.39. The van der Waals surface area contributed by atoms with Gasteiger partial charge in [-0.05, 0) is 37.2 Å². The largest absolute Gasteiger partial charge is 0.351 e. The Hall–Kier alpha value is -0.680. The van der Waals surface area contributed by atoms with Gasteiger partial charge in [-0.1, -0.05) is 10.9 Å². The Morgan fingerprint density at radius 3 is 3.00 bits per heavy atom. The highest BCUT2D eigenvalue weighted by Gasteiger charge is 2.26. The molecule has 1 saturated carbocycles. The van der Waals surface area contributed by atoms with Crippen LogP contribution in [0.3, 0.4) is 0 Å². The quantitative estimate of drug-likeness (QED) is 0.845. The molecule has 1 aromatic heterocycles. The van der Waals surface area contributed by atoms with Crippen molar-refractivity contribution >= 4 is 29.0 Å². The summed E-state index contributed by atoms with van der Waals surface area (Å²) in [6.45, 7) is 2.45. The predicted molar refractivity (Wildman–Crippen MR) is 64.0 cm³/mol. The number of aromatic nitrogens is 2. The number of nitrogens with one attached hydrogen (secondary N) is 1. The summed E-state index contributed by atoms with van der Waals surface area (Å²) in [6, 6.07) is 0. The van der Waals surface area contributed by atoms with E-state index in [2.05, 4.69) is 14.9 Å². The highest BCUT2D eigenvalue weighted by Crippen LogP contribution is 2.29. The van der Waals surface area contributed by atoms with Crippen molar-refractivity contribution in [2.75, 3.05) is 6.54 Å². The molecule has 2 unspecified atom stereocenters. The van der Waals surface area contributed by atoms with Crippen molar-refractivity contribution in [3.63, 3.8) is 0 Å². The number of alkyl halides is 1. The van der Waals surface area contributed by atoms with Gasteiger partial charge >= 0.3 is 0 Å². The first-order chi connectivity index (χ1) is 7.68. The molecule has 0 aliphatic heterocycles. The molecule has 2 atom stereocenters. The Bertz CT molecular complexity index is 382. The second-order valence-corrected chi connectivity index (χ2v) is 5.42. The van der Waals surface area contributed by atoms with Crippen LogP contribution < -0.4 is 5.32 Å². The summed E-state index contributed by atoms with van der Waals surface area (Å²) < 4.78 is 3.74. The second kappa shape index (κ2) is 5.10. The molecule has 16 heavy (non-hydrogen) atoms. The Kier molecular flexibility index (Phi) is 3.76. The Morgan fingerprint density at radius 1 is 1.62 bits per heavy atom. The molecular weight excluding hydrogens is 246 g/mol. The van der Waals surface area contributed by atoms with Crippen LogP contribution in [0.2, 0.25) is 0 Å². The monoisotopic (exact) mass is 259 g/mol. The standard InChI is InChI=1S/C10H14ClN3OS/c1-6-9(16-14-13-6)10(15)12-5-7-3-2-4-8(7)11/h7-8H,2-5H2,1H3,(H,12,15). The van der Waals surface area contributed by atoms with E-state index >= 15 is 0 Å². The summed E-state index contributed by atoms with van der Waals surface area (Å²) in [4.78, 5) is 12.4. The summed E-state index contributed by atoms with van der Waals surface area (Å²) in [5.41, 5.74) is 0.691. The van der Waals surface area contributed by atoms with Crippen LogP contribution in [0.5, 0.6) is 0 Å². The fraction of sp³-hybridized carbons (Fsp3) is 0.700. The first kappa shape index (κ1) is 11.8. The molecule has 1 aromatic rings. The van der Waals surface area contributed by atoms with E-state index in [0.717, 1.165) is 30.8 Å². The van der Waals surface area contributed by atoms with Crippen LogP contribution in [0.15, 0.2) is 0 Å². The van der Waals surface area contributed by atoms with Crippen molar-refractivity contribution in [1.29, 1.82) is 0 Å². The molecule has 0 radical (unpaired) electrons. The summed E-state index contributed by atoms with van der Waals surface area (Å²) in [7, 11) is 0. The Balaban J connectivity index is 1.86. The molecule has 1 aliphatic carbocycles. The van der Waals surface area contributed by atoms with Crippen LogP contribution in [0.25, 0.3) is 0 Å². The van der Waals surface area contributed by atoms with Crippen molar-refractivity contribution < 1.29 is 4.79 Å². The lowest BCUT2D eigenvalue weighted by Gasteiger charge is -2.13. The van der Waals surface area contributed by atoms with E-state index in [1.54, 1.807) is 6.92 Å². The van der Waals surface area contributed by atoms with Gasteiger partial charge in [-0.2, -0.15) is 0 Å². The molecule has 4 nitrogen and oxygen atoms in total. The topological polar surface area (TPSA) is 54.9 Å². The summed E-state index contributed by atoms with van der Waals surface area (Å²) >= 11 is 7.28. The number of aryl methyl sites for hydroxylation is 1. The highest BCUT2D eigenvalue weighted by molar-refractivity contribution is 7.07. The van der Waals surface area contributed by atoms with E-state index in [0.29, 0.717) is 23.0 Å². The number of amides is 1. The third-order valence-corrected chi connectivity index (χ3v) is 4.35. The average molecular weight is 260 g/mol. The third-order valence-electron chi connectivity index (χ3n) is 2.95. The minimum absolute atomic E-state index is 0.0803. The molecule has 1 heterocycles. The Morgan fingerprint density at radius 2 is 2.44 bits per heavy atom. The van der Waals surface area contributed by atoms with E-state index < -0.39 is 0 Å². The number of carbonyl (C=O) groups is 1. The molecule has 88 valence electrons. The van der Waals surface area contributed by atoms with E-state index in [-0.39, 0.29) is 11.3 Å². The van der Waals surface area contributed by atoms with E-state index in [4.69, 9.17) is 11.6 Å². The molecule has 1 amide bonds. The lowest BCUT2D eigenvalue weighted by molar-refractivity contribution is 0.0951. The number of hydrogen-bond acceptors (Lipinski definition) is 4. The summed E-state index contributed by atoms with van der Waals surface area (Å²) in [6.07, 6.45) is 3.33. The molecule has 0 saturated heterocycles. The highest BCUT2D eigenvalue weighted by atomic mass is 35.5. The van der Waals surface area contributed by atoms with Gasteiger partial charge in [0.2, 0.25) is 0 Å².